The second kappa shape index (κ2) is 9.69. The zero-order valence-electron chi connectivity index (χ0n) is 17.8. The number of likely N-dealkylation sites (tertiary alicyclic amines) is 1. The number of imide groups is 1. The predicted molar refractivity (Wildman–Crippen MR) is 110 cm³/mol. The van der Waals surface area contributed by atoms with Crippen molar-refractivity contribution < 1.29 is 19.1 Å². The van der Waals surface area contributed by atoms with Gasteiger partial charge in [-0.15, -0.1) is 0 Å². The van der Waals surface area contributed by atoms with Crippen LogP contribution in [0.25, 0.3) is 0 Å². The van der Waals surface area contributed by atoms with Gasteiger partial charge in [0.25, 0.3) is 5.91 Å². The molecule has 1 atom stereocenters. The maximum atomic E-state index is 13.5. The van der Waals surface area contributed by atoms with Gasteiger partial charge >= 0.3 is 6.03 Å². The summed E-state index contributed by atoms with van der Waals surface area (Å²) < 4.78 is 10.5. The van der Waals surface area contributed by atoms with E-state index in [9.17, 15) is 9.59 Å². The highest BCUT2D eigenvalue weighted by molar-refractivity contribution is 6.07. The van der Waals surface area contributed by atoms with Crippen LogP contribution in [0, 0.1) is 0 Å². The zero-order valence-corrected chi connectivity index (χ0v) is 17.8. The third-order valence-corrected chi connectivity index (χ3v) is 6.19. The van der Waals surface area contributed by atoms with Crippen LogP contribution in [0.2, 0.25) is 0 Å². The minimum Gasteiger partial charge on any atom is -0.385 e. The Hall–Kier alpha value is -1.96. The van der Waals surface area contributed by atoms with E-state index in [2.05, 4.69) is 11.8 Å². The molecule has 7 heteroatoms. The summed E-state index contributed by atoms with van der Waals surface area (Å²) in [6.07, 6.45) is 2.04. The molecule has 3 rings (SSSR count). The molecule has 1 spiro atoms. The van der Waals surface area contributed by atoms with Gasteiger partial charge in [0.05, 0.1) is 13.2 Å². The fourth-order valence-corrected chi connectivity index (χ4v) is 4.53. The van der Waals surface area contributed by atoms with E-state index >= 15 is 0 Å². The van der Waals surface area contributed by atoms with Crippen molar-refractivity contribution in [2.45, 2.75) is 44.3 Å². The van der Waals surface area contributed by atoms with Crippen LogP contribution in [-0.4, -0.2) is 85.3 Å². The lowest BCUT2D eigenvalue weighted by Crippen LogP contribution is -2.58. The molecule has 0 unspecified atom stereocenters. The number of hydrogen-bond acceptors (Lipinski definition) is 5. The van der Waals surface area contributed by atoms with Gasteiger partial charge in [-0.2, -0.15) is 0 Å². The minimum atomic E-state index is -0.733. The lowest BCUT2D eigenvalue weighted by atomic mass is 9.85. The number of carbonyl (C=O) groups is 2. The maximum Gasteiger partial charge on any atom is 0.327 e. The van der Waals surface area contributed by atoms with Crippen molar-refractivity contribution in [1.29, 1.82) is 0 Å². The number of urea groups is 1. The monoisotopic (exact) mass is 403 g/mol. The number of piperidine rings is 1. The molecule has 0 aromatic heterocycles. The molecule has 29 heavy (non-hydrogen) atoms. The maximum absolute atomic E-state index is 13.5. The summed E-state index contributed by atoms with van der Waals surface area (Å²) in [5.74, 6) is -0.0529. The summed E-state index contributed by atoms with van der Waals surface area (Å²) in [6.45, 7) is 5.80. The van der Waals surface area contributed by atoms with Gasteiger partial charge in [-0.05, 0) is 31.7 Å². The van der Waals surface area contributed by atoms with Crippen molar-refractivity contribution >= 4 is 11.9 Å². The van der Waals surface area contributed by atoms with Crippen molar-refractivity contribution in [3.8, 4) is 0 Å². The molecule has 7 nitrogen and oxygen atoms in total. The van der Waals surface area contributed by atoms with Crippen molar-refractivity contribution in [1.82, 2.24) is 14.7 Å². The molecule has 0 saturated carbocycles. The third-order valence-electron chi connectivity index (χ3n) is 6.19. The molecular formula is C22H33N3O4. The average Bonchev–Trinajstić information content (AvgIpc) is 2.92. The van der Waals surface area contributed by atoms with E-state index in [1.807, 2.05) is 35.2 Å². The molecule has 1 aromatic rings. The molecule has 160 valence electrons. The van der Waals surface area contributed by atoms with Crippen molar-refractivity contribution in [2.24, 2.45) is 0 Å². The first kappa shape index (κ1) is 21.7. The first-order valence-electron chi connectivity index (χ1n) is 10.4. The molecule has 0 radical (unpaired) electrons. The number of hydrogen-bond donors (Lipinski definition) is 0. The summed E-state index contributed by atoms with van der Waals surface area (Å²) in [5, 5.41) is 0. The molecule has 0 bridgehead atoms. The summed E-state index contributed by atoms with van der Waals surface area (Å²) in [7, 11) is 3.37. The van der Waals surface area contributed by atoms with E-state index in [1.165, 1.54) is 4.90 Å². The topological polar surface area (TPSA) is 62.3 Å². The van der Waals surface area contributed by atoms with Crippen molar-refractivity contribution in [3.63, 3.8) is 0 Å². The van der Waals surface area contributed by atoms with Crippen LogP contribution in [0.15, 0.2) is 30.3 Å². The van der Waals surface area contributed by atoms with Crippen LogP contribution in [0.1, 0.15) is 31.7 Å². The van der Waals surface area contributed by atoms with Gasteiger partial charge < -0.3 is 14.4 Å². The number of amides is 3. The van der Waals surface area contributed by atoms with Crippen LogP contribution in [0.4, 0.5) is 4.79 Å². The Kier molecular flexibility index (Phi) is 7.27. The smallest absolute Gasteiger partial charge is 0.327 e. The molecular weight excluding hydrogens is 370 g/mol. The molecule has 3 amide bonds. The SMILES string of the molecule is COCCCN1C(=O)N(Cc2ccccc2)C(=O)C12CCN([C@H](C)COC)CC2. The quantitative estimate of drug-likeness (QED) is 0.468. The van der Waals surface area contributed by atoms with E-state index in [0.717, 1.165) is 25.1 Å². The van der Waals surface area contributed by atoms with E-state index in [1.54, 1.807) is 14.2 Å². The summed E-state index contributed by atoms with van der Waals surface area (Å²) in [4.78, 5) is 32.4. The lowest BCUT2D eigenvalue weighted by Gasteiger charge is -2.44. The van der Waals surface area contributed by atoms with Gasteiger partial charge in [0.2, 0.25) is 0 Å². The van der Waals surface area contributed by atoms with Crippen LogP contribution in [0.3, 0.4) is 0 Å². The fourth-order valence-electron chi connectivity index (χ4n) is 4.53. The largest absolute Gasteiger partial charge is 0.385 e. The molecule has 2 saturated heterocycles. The molecule has 2 heterocycles. The molecule has 1 aromatic carbocycles. The normalized spacial score (nSPS) is 20.7. The van der Waals surface area contributed by atoms with Crippen LogP contribution in [-0.2, 0) is 20.8 Å². The average molecular weight is 404 g/mol. The third kappa shape index (κ3) is 4.47. The Balaban J connectivity index is 1.79. The zero-order chi connectivity index (χ0) is 20.9. The van der Waals surface area contributed by atoms with Crippen LogP contribution >= 0.6 is 0 Å². The number of nitrogens with zero attached hydrogens (tertiary/aromatic N) is 3. The Labute approximate surface area is 173 Å². The highest BCUT2D eigenvalue weighted by Crippen LogP contribution is 2.38. The van der Waals surface area contributed by atoms with E-state index in [0.29, 0.717) is 45.2 Å². The molecule has 2 aliphatic rings. The number of ether oxygens (including phenoxy) is 2. The number of carbonyl (C=O) groups excluding carboxylic acids is 2. The first-order valence-corrected chi connectivity index (χ1v) is 10.4. The fraction of sp³-hybridized carbons (Fsp3) is 0.636. The molecule has 0 aliphatic carbocycles. The lowest BCUT2D eigenvalue weighted by molar-refractivity contribution is -0.136. The molecule has 0 N–H and O–H groups in total. The summed E-state index contributed by atoms with van der Waals surface area (Å²) >= 11 is 0. The Morgan fingerprint density at radius 2 is 1.76 bits per heavy atom. The Bertz CT molecular complexity index is 689. The second-order valence-electron chi connectivity index (χ2n) is 8.03. The van der Waals surface area contributed by atoms with Crippen molar-refractivity contribution in [3.05, 3.63) is 35.9 Å². The van der Waals surface area contributed by atoms with Gasteiger partial charge in [0.1, 0.15) is 5.54 Å². The van der Waals surface area contributed by atoms with Gasteiger partial charge in [0.15, 0.2) is 0 Å². The van der Waals surface area contributed by atoms with Gasteiger partial charge in [-0.1, -0.05) is 30.3 Å². The Morgan fingerprint density at radius 1 is 1.07 bits per heavy atom. The van der Waals surface area contributed by atoms with Crippen LogP contribution in [0.5, 0.6) is 0 Å². The number of methoxy groups -OCH3 is 2. The highest BCUT2D eigenvalue weighted by atomic mass is 16.5. The Morgan fingerprint density at radius 3 is 2.38 bits per heavy atom. The van der Waals surface area contributed by atoms with Crippen molar-refractivity contribution in [2.75, 3.05) is 47.1 Å². The summed E-state index contributed by atoms with van der Waals surface area (Å²) in [6, 6.07) is 9.84. The highest BCUT2D eigenvalue weighted by Gasteiger charge is 2.57. The molecule has 2 fully saturated rings. The standard InChI is InChI=1S/C22H33N3O4/c1-18(17-29-3)23-13-10-22(11-14-23)20(26)24(16-19-8-5-4-6-9-19)21(27)25(22)12-7-15-28-2/h4-6,8-9,18H,7,10-17H2,1-3H3/t18-/m1/s1. The number of rotatable bonds is 9. The number of benzene rings is 1. The van der Waals surface area contributed by atoms with Gasteiger partial charge in [-0.3, -0.25) is 14.6 Å². The van der Waals surface area contributed by atoms with E-state index < -0.39 is 5.54 Å². The first-order chi connectivity index (χ1) is 14.0. The second-order valence-corrected chi connectivity index (χ2v) is 8.03. The van der Waals surface area contributed by atoms with Gasteiger partial charge in [-0.25, -0.2) is 4.79 Å². The summed E-state index contributed by atoms with van der Waals surface area (Å²) in [5.41, 5.74) is 0.234. The van der Waals surface area contributed by atoms with E-state index in [-0.39, 0.29) is 11.9 Å². The minimum absolute atomic E-state index is 0.0529. The molecule has 2 aliphatic heterocycles. The van der Waals surface area contributed by atoms with Crippen LogP contribution < -0.4 is 0 Å². The predicted octanol–water partition coefficient (Wildman–Crippen LogP) is 2.36. The van der Waals surface area contributed by atoms with Gasteiger partial charge in [0, 0.05) is 46.5 Å². The van der Waals surface area contributed by atoms with E-state index in [4.69, 9.17) is 9.47 Å².